The summed E-state index contributed by atoms with van der Waals surface area (Å²) in [6.07, 6.45) is 0. The highest BCUT2D eigenvalue weighted by molar-refractivity contribution is 14.1. The minimum atomic E-state index is 0.421. The van der Waals surface area contributed by atoms with E-state index >= 15 is 0 Å². The first-order chi connectivity index (χ1) is 6.37. The molecule has 0 aliphatic carbocycles. The zero-order chi connectivity index (χ0) is 11.0. The number of phenolic OH excluding ortho intramolecular Hbond substituents is 1. The molecule has 0 radical (unpaired) electrons. The Morgan fingerprint density at radius 2 is 1.21 bits per heavy atom. The van der Waals surface area contributed by atoms with Crippen LogP contribution in [0.5, 0.6) is 5.75 Å². The molecule has 0 unspecified atom stereocenters. The Hall–Kier alpha value is 1.94. The Morgan fingerprint density at radius 3 is 1.50 bits per heavy atom. The first-order valence-electron chi connectivity index (χ1n) is 3.92. The van der Waals surface area contributed by atoms with Crippen molar-refractivity contribution in [3.8, 4) is 5.75 Å². The van der Waals surface area contributed by atoms with E-state index in [1.165, 1.54) is 12.7 Å². The summed E-state index contributed by atoms with van der Waals surface area (Å²) >= 11 is 9.03. The lowest BCUT2D eigenvalue weighted by Gasteiger charge is -2.16. The smallest absolute Gasteiger partial charge is 0.144 e. The number of benzene rings is 1. The number of halogens is 4. The maximum Gasteiger partial charge on any atom is 0.144 e. The summed E-state index contributed by atoms with van der Waals surface area (Å²) in [5, 5.41) is 9.85. The second kappa shape index (κ2) is 5.52. The Labute approximate surface area is 138 Å². The quantitative estimate of drug-likeness (QED) is 0.342. The highest BCUT2D eigenvalue weighted by atomic mass is 127. The molecule has 1 rings (SSSR count). The van der Waals surface area contributed by atoms with Gasteiger partial charge in [0, 0.05) is 7.14 Å². The van der Waals surface area contributed by atoms with Gasteiger partial charge in [-0.2, -0.15) is 0 Å². The van der Waals surface area contributed by atoms with E-state index in [4.69, 9.17) is 0 Å². The van der Waals surface area contributed by atoms with Crippen LogP contribution in [0.15, 0.2) is 0 Å². The van der Waals surface area contributed by atoms with E-state index in [0.29, 0.717) is 11.7 Å². The van der Waals surface area contributed by atoms with E-state index in [0.717, 1.165) is 7.14 Å². The van der Waals surface area contributed by atoms with Gasteiger partial charge in [-0.1, -0.05) is 13.8 Å². The first kappa shape index (κ1) is 14.0. The van der Waals surface area contributed by atoms with Crippen LogP contribution in [0.3, 0.4) is 0 Å². The minimum Gasteiger partial charge on any atom is -0.506 e. The molecule has 0 aliphatic heterocycles. The lowest BCUT2D eigenvalue weighted by Crippen LogP contribution is -2.02. The zero-order valence-corrected chi connectivity index (χ0v) is 16.2. The molecule has 14 heavy (non-hydrogen) atoms. The molecular weight excluding hydrogens is 632 g/mol. The average molecular weight is 640 g/mol. The summed E-state index contributed by atoms with van der Waals surface area (Å²) in [5.74, 6) is 0.917. The van der Waals surface area contributed by atoms with Crippen molar-refractivity contribution in [3.63, 3.8) is 0 Å². The monoisotopic (exact) mass is 640 g/mol. The topological polar surface area (TPSA) is 20.2 Å². The summed E-state index contributed by atoms with van der Waals surface area (Å²) in [7, 11) is 0. The molecule has 1 aromatic rings. The van der Waals surface area contributed by atoms with Gasteiger partial charge in [0.2, 0.25) is 0 Å². The third kappa shape index (κ3) is 2.60. The molecule has 0 atom stereocenters. The maximum absolute atomic E-state index is 9.85. The molecule has 1 aromatic carbocycles. The number of hydrogen-bond acceptors (Lipinski definition) is 1. The molecule has 1 N–H and O–H groups in total. The molecule has 0 aliphatic rings. The van der Waals surface area contributed by atoms with Crippen LogP contribution in [-0.2, 0) is 0 Å². The molecule has 5 heteroatoms. The molecule has 0 spiro atoms. The molecule has 0 amide bonds. The highest BCUT2D eigenvalue weighted by Crippen LogP contribution is 2.39. The third-order valence-electron chi connectivity index (χ3n) is 1.85. The summed E-state index contributed by atoms with van der Waals surface area (Å²) in [6.45, 7) is 4.37. The predicted octanol–water partition coefficient (Wildman–Crippen LogP) is 4.93. The van der Waals surface area contributed by atoms with Gasteiger partial charge in [0.1, 0.15) is 5.75 Å². The summed E-state index contributed by atoms with van der Waals surface area (Å²) < 4.78 is 4.30. The largest absolute Gasteiger partial charge is 0.506 e. The molecule has 0 saturated heterocycles. The van der Waals surface area contributed by atoms with E-state index in [-0.39, 0.29) is 0 Å². The van der Waals surface area contributed by atoms with Crippen molar-refractivity contribution in [2.45, 2.75) is 19.8 Å². The van der Waals surface area contributed by atoms with Crippen LogP contribution in [0.4, 0.5) is 0 Å². The fraction of sp³-hybridized carbons (Fsp3) is 0.333. The van der Waals surface area contributed by atoms with Gasteiger partial charge >= 0.3 is 0 Å². The van der Waals surface area contributed by atoms with E-state index in [1.54, 1.807) is 0 Å². The predicted molar refractivity (Wildman–Crippen MR) is 93.1 cm³/mol. The van der Waals surface area contributed by atoms with E-state index in [9.17, 15) is 5.11 Å². The van der Waals surface area contributed by atoms with E-state index in [2.05, 4.69) is 104 Å². The third-order valence-corrected chi connectivity index (χ3v) is 8.26. The van der Waals surface area contributed by atoms with Crippen molar-refractivity contribution in [3.05, 3.63) is 19.8 Å². The molecule has 0 heterocycles. The normalized spacial score (nSPS) is 11.1. The molecule has 0 bridgehead atoms. The fourth-order valence-corrected chi connectivity index (χ4v) is 5.59. The molecule has 78 valence electrons. The molecular formula is C9H8I4O. The van der Waals surface area contributed by atoms with Crippen LogP contribution >= 0.6 is 90.4 Å². The van der Waals surface area contributed by atoms with Crippen molar-refractivity contribution in [1.82, 2.24) is 0 Å². The van der Waals surface area contributed by atoms with Crippen molar-refractivity contribution in [1.29, 1.82) is 0 Å². The molecule has 0 fully saturated rings. The Bertz CT molecular complexity index is 345. The van der Waals surface area contributed by atoms with Gasteiger partial charge in [-0.15, -0.1) is 0 Å². The Kier molecular flexibility index (Phi) is 5.52. The fourth-order valence-electron chi connectivity index (χ4n) is 1.14. The first-order valence-corrected chi connectivity index (χ1v) is 8.24. The van der Waals surface area contributed by atoms with Gasteiger partial charge in [-0.25, -0.2) is 0 Å². The molecule has 1 nitrogen and oxygen atoms in total. The standard InChI is InChI=1S/C9H8I4O/c1-3(2)4-5(10)7(12)9(14)8(13)6(4)11/h3,14H,1-2H3. The average Bonchev–Trinajstić information content (AvgIpc) is 2.11. The van der Waals surface area contributed by atoms with Gasteiger partial charge in [0.15, 0.2) is 0 Å². The number of rotatable bonds is 1. The maximum atomic E-state index is 9.85. The van der Waals surface area contributed by atoms with Crippen LogP contribution in [0, 0.1) is 14.3 Å². The number of aromatic hydroxyl groups is 1. The lowest BCUT2D eigenvalue weighted by molar-refractivity contribution is 0.466. The molecule has 0 saturated carbocycles. The Balaban J connectivity index is 3.60. The van der Waals surface area contributed by atoms with Crippen molar-refractivity contribution in [2.24, 2.45) is 0 Å². The molecule has 0 aromatic heterocycles. The lowest BCUT2D eigenvalue weighted by atomic mass is 10.0. The highest BCUT2D eigenvalue weighted by Gasteiger charge is 2.19. The van der Waals surface area contributed by atoms with Gasteiger partial charge < -0.3 is 5.11 Å². The summed E-state index contributed by atoms with van der Waals surface area (Å²) in [4.78, 5) is 0. The summed E-state index contributed by atoms with van der Waals surface area (Å²) in [5.41, 5.74) is 1.35. The van der Waals surface area contributed by atoms with Crippen LogP contribution < -0.4 is 0 Å². The van der Waals surface area contributed by atoms with Gasteiger partial charge in [-0.05, 0) is 102 Å². The second-order valence-electron chi connectivity index (χ2n) is 3.17. The van der Waals surface area contributed by atoms with Gasteiger partial charge in [0.05, 0.1) is 7.14 Å². The second-order valence-corrected chi connectivity index (χ2v) is 7.49. The number of hydrogen-bond donors (Lipinski definition) is 1. The summed E-state index contributed by atoms with van der Waals surface area (Å²) in [6, 6.07) is 0. The van der Waals surface area contributed by atoms with Crippen LogP contribution in [0.2, 0.25) is 0 Å². The van der Waals surface area contributed by atoms with Gasteiger partial charge in [0.25, 0.3) is 0 Å². The van der Waals surface area contributed by atoms with Crippen molar-refractivity contribution in [2.75, 3.05) is 0 Å². The SMILES string of the molecule is CC(C)c1c(I)c(I)c(O)c(I)c1I. The van der Waals surface area contributed by atoms with Crippen LogP contribution in [0.1, 0.15) is 25.3 Å². The van der Waals surface area contributed by atoms with Gasteiger partial charge in [-0.3, -0.25) is 0 Å². The van der Waals surface area contributed by atoms with Crippen LogP contribution in [0.25, 0.3) is 0 Å². The number of phenols is 1. The minimum absolute atomic E-state index is 0.421. The Morgan fingerprint density at radius 1 is 0.857 bits per heavy atom. The van der Waals surface area contributed by atoms with Crippen molar-refractivity contribution < 1.29 is 5.11 Å². The van der Waals surface area contributed by atoms with Crippen molar-refractivity contribution >= 4 is 90.4 Å². The van der Waals surface area contributed by atoms with E-state index < -0.39 is 0 Å². The van der Waals surface area contributed by atoms with Crippen LogP contribution in [-0.4, -0.2) is 5.11 Å². The van der Waals surface area contributed by atoms with E-state index in [1.807, 2.05) is 0 Å². The zero-order valence-electron chi connectivity index (χ0n) is 7.54.